The fourth-order valence-electron chi connectivity index (χ4n) is 7.09. The van der Waals surface area contributed by atoms with Gasteiger partial charge in [-0.3, -0.25) is 0 Å². The van der Waals surface area contributed by atoms with E-state index in [-0.39, 0.29) is 10.8 Å². The molecule has 0 fully saturated rings. The molecule has 0 amide bonds. The Bertz CT molecular complexity index is 1330. The van der Waals surface area contributed by atoms with Crippen molar-refractivity contribution in [2.45, 2.75) is 129 Å². The van der Waals surface area contributed by atoms with Crippen LogP contribution >= 0.6 is 0 Å². The van der Waals surface area contributed by atoms with E-state index in [1.807, 2.05) is 0 Å². The van der Waals surface area contributed by atoms with Crippen molar-refractivity contribution in [3.8, 4) is 0 Å². The van der Waals surface area contributed by atoms with Crippen LogP contribution in [0.2, 0.25) is 0 Å². The maximum Gasteiger partial charge on any atom is 0.209 e. The summed E-state index contributed by atoms with van der Waals surface area (Å²) >= 11 is 0. The largest absolute Gasteiger partial charge is 0.344 e. The van der Waals surface area contributed by atoms with Gasteiger partial charge in [-0.15, -0.1) is 10.2 Å². The topological polar surface area (TPSA) is 98.5 Å². The third-order valence-electron chi connectivity index (χ3n) is 9.58. The van der Waals surface area contributed by atoms with E-state index in [2.05, 4.69) is 118 Å². The molecule has 6 nitrogen and oxygen atoms in total. The molecule has 0 saturated carbocycles. The van der Waals surface area contributed by atoms with Crippen molar-refractivity contribution in [3.05, 3.63) is 83.6 Å². The van der Waals surface area contributed by atoms with Crippen LogP contribution in [-0.2, 0) is 10.8 Å². The van der Waals surface area contributed by atoms with Gasteiger partial charge in [-0.2, -0.15) is 4.58 Å². The maximum absolute atomic E-state index is 8.49. The molecule has 0 spiro atoms. The number of anilines is 1. The van der Waals surface area contributed by atoms with Crippen LogP contribution in [0.1, 0.15) is 130 Å². The molecule has 0 radical (unpaired) electrons. The van der Waals surface area contributed by atoms with Gasteiger partial charge in [0.25, 0.3) is 0 Å². The molecule has 0 atom stereocenters. The molecular weight excluding hydrogens is 596 g/mol. The normalized spacial score (nSPS) is 17.4. The Balaban J connectivity index is 0.00000107. The molecular formula is C39H57ClN2O4. The molecule has 0 N–H and O–H groups in total. The van der Waals surface area contributed by atoms with Crippen molar-refractivity contribution in [2.24, 2.45) is 0 Å². The number of para-hydroxylation sites is 2. The van der Waals surface area contributed by atoms with Gasteiger partial charge in [0.15, 0.2) is 5.71 Å². The zero-order valence-electron chi connectivity index (χ0n) is 29.2. The van der Waals surface area contributed by atoms with Crippen LogP contribution in [0.5, 0.6) is 0 Å². The van der Waals surface area contributed by atoms with Crippen molar-refractivity contribution < 1.29 is 33.5 Å². The summed E-state index contributed by atoms with van der Waals surface area (Å²) in [4.78, 5) is 2.62. The minimum absolute atomic E-state index is 0.000143. The Morgan fingerprint density at radius 1 is 0.674 bits per heavy atom. The van der Waals surface area contributed by atoms with E-state index in [4.69, 9.17) is 18.6 Å². The van der Waals surface area contributed by atoms with Gasteiger partial charge in [0, 0.05) is 47.5 Å². The van der Waals surface area contributed by atoms with Crippen LogP contribution in [0.25, 0.3) is 0 Å². The quantitative estimate of drug-likeness (QED) is 0.157. The van der Waals surface area contributed by atoms with Crippen LogP contribution in [0.15, 0.2) is 72.5 Å². The van der Waals surface area contributed by atoms with E-state index in [9.17, 15) is 0 Å². The van der Waals surface area contributed by atoms with Gasteiger partial charge >= 0.3 is 0 Å². The Morgan fingerprint density at radius 3 is 1.83 bits per heavy atom. The molecule has 0 bridgehead atoms. The molecule has 4 rings (SSSR count). The monoisotopic (exact) mass is 652 g/mol. The van der Waals surface area contributed by atoms with Gasteiger partial charge < -0.3 is 4.90 Å². The zero-order valence-corrected chi connectivity index (χ0v) is 29.9. The van der Waals surface area contributed by atoms with Crippen molar-refractivity contribution in [1.82, 2.24) is 0 Å². The first kappa shape index (κ1) is 38.0. The fourth-order valence-corrected chi connectivity index (χ4v) is 7.09. The van der Waals surface area contributed by atoms with E-state index in [0.29, 0.717) is 0 Å². The Morgan fingerprint density at radius 2 is 1.20 bits per heavy atom. The molecule has 2 aromatic rings. The minimum atomic E-state index is -4.94. The number of fused-ring (bicyclic) bond motifs is 2. The molecule has 2 aliphatic rings. The van der Waals surface area contributed by atoms with Crippen molar-refractivity contribution >= 4 is 17.1 Å². The summed E-state index contributed by atoms with van der Waals surface area (Å²) in [6.45, 7) is 16.4. The molecule has 7 heteroatoms. The van der Waals surface area contributed by atoms with Gasteiger partial charge in [-0.25, -0.2) is 18.6 Å². The first-order valence-corrected chi connectivity index (χ1v) is 18.7. The Kier molecular flexibility index (Phi) is 14.5. The highest BCUT2D eigenvalue weighted by Gasteiger charge is 2.44. The van der Waals surface area contributed by atoms with E-state index >= 15 is 0 Å². The number of rotatable bonds is 16. The van der Waals surface area contributed by atoms with E-state index in [0.717, 1.165) is 13.1 Å². The molecule has 0 saturated heterocycles. The lowest BCUT2D eigenvalue weighted by molar-refractivity contribution is -2.00. The zero-order chi connectivity index (χ0) is 33.8. The maximum atomic E-state index is 8.49. The predicted octanol–water partition coefficient (Wildman–Crippen LogP) is 6.27. The highest BCUT2D eigenvalue weighted by molar-refractivity contribution is 6.03. The minimum Gasteiger partial charge on any atom is -0.344 e. The van der Waals surface area contributed by atoms with Crippen molar-refractivity contribution in [2.75, 3.05) is 18.0 Å². The second-order valence-electron chi connectivity index (χ2n) is 13.8. The summed E-state index contributed by atoms with van der Waals surface area (Å²) in [5, 5.41) is 0. The van der Waals surface area contributed by atoms with E-state index in [1.165, 1.54) is 111 Å². The van der Waals surface area contributed by atoms with Gasteiger partial charge in [0.05, 0.1) is 5.41 Å². The molecule has 2 aromatic carbocycles. The number of nitrogens with zero attached hydrogens (tertiary/aromatic N) is 2. The smallest absolute Gasteiger partial charge is 0.209 e. The van der Waals surface area contributed by atoms with Gasteiger partial charge in [-0.1, -0.05) is 128 Å². The molecule has 46 heavy (non-hydrogen) atoms. The van der Waals surface area contributed by atoms with Crippen molar-refractivity contribution in [1.29, 1.82) is 0 Å². The SMILES string of the molecule is CCCCCCCCN1C(=CC=CC2=[N+](CCCCCCCC)c3ccccc3C2(C)C)C(C)(C)c2ccccc21.[O-][Cl+3]([O-])([O-])[O-]. The number of benzene rings is 2. The van der Waals surface area contributed by atoms with Crippen LogP contribution < -0.4 is 23.5 Å². The summed E-state index contributed by atoms with van der Waals surface area (Å²) in [6.07, 6.45) is 23.1. The van der Waals surface area contributed by atoms with Gasteiger partial charge in [0.2, 0.25) is 5.69 Å². The number of unbranched alkanes of at least 4 members (excludes halogenated alkanes) is 10. The third-order valence-corrected chi connectivity index (χ3v) is 9.58. The lowest BCUT2D eigenvalue weighted by Crippen LogP contribution is -2.68. The molecule has 0 aliphatic carbocycles. The van der Waals surface area contributed by atoms with Crippen LogP contribution in [-0.4, -0.2) is 23.4 Å². The van der Waals surface area contributed by atoms with Crippen LogP contribution in [0, 0.1) is 10.2 Å². The van der Waals surface area contributed by atoms with Gasteiger partial charge in [0.1, 0.15) is 6.54 Å². The summed E-state index contributed by atoms with van der Waals surface area (Å²) in [5.74, 6) is 0. The van der Waals surface area contributed by atoms with Crippen LogP contribution in [0.4, 0.5) is 11.4 Å². The fraction of sp³-hybridized carbons (Fsp3) is 0.564. The number of halogens is 1. The second-order valence-corrected chi connectivity index (χ2v) is 14.6. The average molecular weight is 653 g/mol. The van der Waals surface area contributed by atoms with Gasteiger partial charge in [-0.05, 0) is 44.4 Å². The standard InChI is InChI=1S/C39H57N2.ClHO4/c1-7-9-11-13-15-21-30-40-34-26-19-17-24-32(34)38(3,4)36(40)28-23-29-37-39(5,6)33-25-18-20-27-35(33)41(37)31-22-16-14-12-10-8-2;2-1(3,4)5/h17-20,23-29H,7-16,21-22,30-31H2,1-6H3;(H,2,3,4,5)/q+1;/p-1. The third kappa shape index (κ3) is 10.3. The number of hydrogen-bond acceptors (Lipinski definition) is 5. The second kappa shape index (κ2) is 17.6. The highest BCUT2D eigenvalue weighted by atomic mass is 35.7. The lowest BCUT2D eigenvalue weighted by atomic mass is 9.81. The summed E-state index contributed by atoms with van der Waals surface area (Å²) in [5.41, 5.74) is 8.57. The summed E-state index contributed by atoms with van der Waals surface area (Å²) < 4.78 is 36.6. The molecule has 2 aliphatic heterocycles. The van der Waals surface area contributed by atoms with E-state index < -0.39 is 10.2 Å². The highest BCUT2D eigenvalue weighted by Crippen LogP contribution is 2.48. The first-order valence-electron chi connectivity index (χ1n) is 17.5. The molecule has 0 unspecified atom stereocenters. The number of hydrogen-bond donors (Lipinski definition) is 0. The average Bonchev–Trinajstić information content (AvgIpc) is 3.35. The van der Waals surface area contributed by atoms with Crippen LogP contribution in [0.3, 0.4) is 0 Å². The summed E-state index contributed by atoms with van der Waals surface area (Å²) in [7, 11) is -4.94. The summed E-state index contributed by atoms with van der Waals surface area (Å²) in [6, 6.07) is 18.1. The van der Waals surface area contributed by atoms with Crippen molar-refractivity contribution in [3.63, 3.8) is 0 Å². The van der Waals surface area contributed by atoms with E-state index in [1.54, 1.807) is 0 Å². The molecule has 2 heterocycles. The number of allylic oxidation sites excluding steroid dienone is 4. The molecule has 254 valence electrons. The Hall–Kier alpha value is -2.48. The predicted molar refractivity (Wildman–Crippen MR) is 180 cm³/mol. The lowest BCUT2D eigenvalue weighted by Gasteiger charge is -2.27. The first-order chi connectivity index (χ1) is 21.8. The molecule has 0 aromatic heterocycles. The Labute approximate surface area is 280 Å².